The van der Waals surface area contributed by atoms with Crippen LogP contribution in [0.2, 0.25) is 0 Å². The zero-order valence-electron chi connectivity index (χ0n) is 12.3. The van der Waals surface area contributed by atoms with Gasteiger partial charge in [0, 0.05) is 31.1 Å². The maximum Gasteiger partial charge on any atom is 0.350 e. The number of carbonyl (C=O) groups is 2. The normalized spacial score (nSPS) is 16.9. The smallest absolute Gasteiger partial charge is 0.350 e. The number of hydrogen-bond donors (Lipinski definition) is 1. The summed E-state index contributed by atoms with van der Waals surface area (Å²) >= 11 is 0. The maximum atomic E-state index is 11.9. The topological polar surface area (TPSA) is 64.6 Å². The molecule has 0 unspecified atom stereocenters. The third-order valence-corrected chi connectivity index (χ3v) is 3.28. The average molecular weight is 297 g/mol. The lowest BCUT2D eigenvalue weighted by molar-refractivity contribution is -0.222. The largest absolute Gasteiger partial charge is 0.419 e. The Kier molecular flexibility index (Phi) is 3.33. The van der Waals surface area contributed by atoms with Crippen molar-refractivity contribution in [2.75, 3.05) is 5.32 Å². The molecular formula is C17H15NO4. The monoisotopic (exact) mass is 297 g/mol. The average Bonchev–Trinajstić information content (AvgIpc) is 2.45. The van der Waals surface area contributed by atoms with E-state index in [9.17, 15) is 9.59 Å². The highest BCUT2D eigenvalue weighted by Crippen LogP contribution is 2.25. The van der Waals surface area contributed by atoms with Crippen molar-refractivity contribution in [2.24, 2.45) is 0 Å². The van der Waals surface area contributed by atoms with Crippen LogP contribution >= 0.6 is 0 Å². The zero-order chi connectivity index (χ0) is 15.7. The van der Waals surface area contributed by atoms with E-state index in [0.717, 1.165) is 16.5 Å². The SMILES string of the molecule is CC1(C)OC(=O)C(=CNc2cccc3ccccc23)C(=O)O1. The summed E-state index contributed by atoms with van der Waals surface area (Å²) < 4.78 is 10.1. The highest BCUT2D eigenvalue weighted by atomic mass is 16.7. The first kappa shape index (κ1) is 14.1. The zero-order valence-corrected chi connectivity index (χ0v) is 12.3. The lowest BCUT2D eigenvalue weighted by Gasteiger charge is -2.29. The summed E-state index contributed by atoms with van der Waals surface area (Å²) in [6.45, 7) is 3.02. The van der Waals surface area contributed by atoms with Gasteiger partial charge in [-0.15, -0.1) is 0 Å². The van der Waals surface area contributed by atoms with Crippen molar-refractivity contribution < 1.29 is 19.1 Å². The fraction of sp³-hybridized carbons (Fsp3) is 0.176. The molecular weight excluding hydrogens is 282 g/mol. The Balaban J connectivity index is 1.90. The van der Waals surface area contributed by atoms with Crippen LogP contribution in [0.25, 0.3) is 10.8 Å². The van der Waals surface area contributed by atoms with Crippen molar-refractivity contribution in [3.05, 3.63) is 54.2 Å². The van der Waals surface area contributed by atoms with Crippen LogP contribution in [0.5, 0.6) is 0 Å². The predicted octanol–water partition coefficient (Wildman–Crippen LogP) is 2.97. The molecule has 0 aliphatic carbocycles. The molecule has 0 bridgehead atoms. The van der Waals surface area contributed by atoms with Crippen molar-refractivity contribution in [1.82, 2.24) is 0 Å². The first-order valence-corrected chi connectivity index (χ1v) is 6.87. The lowest BCUT2D eigenvalue weighted by Crippen LogP contribution is -2.42. The van der Waals surface area contributed by atoms with Gasteiger partial charge < -0.3 is 14.8 Å². The minimum Gasteiger partial charge on any atom is -0.419 e. The van der Waals surface area contributed by atoms with Gasteiger partial charge in [0.05, 0.1) is 0 Å². The molecule has 1 heterocycles. The molecule has 5 nitrogen and oxygen atoms in total. The second-order valence-electron chi connectivity index (χ2n) is 5.41. The number of anilines is 1. The Morgan fingerprint density at radius 1 is 0.955 bits per heavy atom. The third-order valence-electron chi connectivity index (χ3n) is 3.28. The number of nitrogens with one attached hydrogen (secondary N) is 1. The molecule has 22 heavy (non-hydrogen) atoms. The Labute approximate surface area is 127 Å². The van der Waals surface area contributed by atoms with E-state index in [-0.39, 0.29) is 5.57 Å². The van der Waals surface area contributed by atoms with E-state index in [1.54, 1.807) is 0 Å². The molecule has 2 aromatic carbocycles. The second kappa shape index (κ2) is 5.18. The van der Waals surface area contributed by atoms with Crippen molar-refractivity contribution in [1.29, 1.82) is 0 Å². The van der Waals surface area contributed by atoms with Crippen LogP contribution in [0, 0.1) is 0 Å². The molecule has 0 atom stereocenters. The van der Waals surface area contributed by atoms with E-state index in [1.165, 1.54) is 20.0 Å². The Morgan fingerprint density at radius 2 is 1.59 bits per heavy atom. The second-order valence-corrected chi connectivity index (χ2v) is 5.41. The van der Waals surface area contributed by atoms with Gasteiger partial charge >= 0.3 is 11.9 Å². The van der Waals surface area contributed by atoms with Crippen LogP contribution in [0.1, 0.15) is 13.8 Å². The van der Waals surface area contributed by atoms with Crippen molar-refractivity contribution in [3.8, 4) is 0 Å². The number of benzene rings is 2. The quantitative estimate of drug-likeness (QED) is 0.524. The van der Waals surface area contributed by atoms with E-state index in [1.807, 2.05) is 42.5 Å². The molecule has 2 aromatic rings. The number of rotatable bonds is 2. The minimum atomic E-state index is -1.23. The summed E-state index contributed by atoms with van der Waals surface area (Å²) in [6, 6.07) is 13.6. The molecule has 1 aliphatic heterocycles. The van der Waals surface area contributed by atoms with Crippen LogP contribution < -0.4 is 5.32 Å². The third kappa shape index (κ3) is 2.65. The van der Waals surface area contributed by atoms with Crippen molar-refractivity contribution >= 4 is 28.4 Å². The van der Waals surface area contributed by atoms with Gasteiger partial charge in [-0.1, -0.05) is 36.4 Å². The number of ether oxygens (including phenoxy) is 2. The highest BCUT2D eigenvalue weighted by molar-refractivity contribution is 6.15. The molecule has 0 amide bonds. The Morgan fingerprint density at radius 3 is 2.32 bits per heavy atom. The molecule has 1 aliphatic rings. The standard InChI is InChI=1S/C17H15NO4/c1-17(2)21-15(19)13(16(20)22-17)10-18-14-9-5-7-11-6-3-4-8-12(11)14/h3-10,18H,1-2H3. The van der Waals surface area contributed by atoms with Gasteiger partial charge in [-0.25, -0.2) is 9.59 Å². The van der Waals surface area contributed by atoms with E-state index in [4.69, 9.17) is 9.47 Å². The Bertz CT molecular complexity index is 765. The molecule has 1 fully saturated rings. The van der Waals surface area contributed by atoms with Crippen molar-refractivity contribution in [3.63, 3.8) is 0 Å². The molecule has 0 saturated carbocycles. The number of cyclic esters (lactones) is 2. The van der Waals surface area contributed by atoms with E-state index >= 15 is 0 Å². The van der Waals surface area contributed by atoms with Gasteiger partial charge in [0.2, 0.25) is 0 Å². The number of esters is 2. The van der Waals surface area contributed by atoms with Gasteiger partial charge in [-0.05, 0) is 11.5 Å². The molecule has 0 aromatic heterocycles. The molecule has 1 N–H and O–H groups in total. The minimum absolute atomic E-state index is 0.160. The van der Waals surface area contributed by atoms with Crippen LogP contribution in [0.3, 0.4) is 0 Å². The summed E-state index contributed by atoms with van der Waals surface area (Å²) in [5.41, 5.74) is 0.628. The molecule has 1 saturated heterocycles. The van der Waals surface area contributed by atoms with Crippen molar-refractivity contribution in [2.45, 2.75) is 19.6 Å². The van der Waals surface area contributed by atoms with Crippen LogP contribution in [0.15, 0.2) is 54.2 Å². The van der Waals surface area contributed by atoms with Crippen LogP contribution in [-0.4, -0.2) is 17.7 Å². The van der Waals surface area contributed by atoms with Gasteiger partial charge in [0.15, 0.2) is 5.57 Å². The fourth-order valence-corrected chi connectivity index (χ4v) is 2.28. The first-order chi connectivity index (χ1) is 10.5. The Hall–Kier alpha value is -2.82. The summed E-state index contributed by atoms with van der Waals surface area (Å²) in [6.07, 6.45) is 1.32. The van der Waals surface area contributed by atoms with E-state index < -0.39 is 17.7 Å². The number of hydrogen-bond acceptors (Lipinski definition) is 5. The summed E-state index contributed by atoms with van der Waals surface area (Å²) in [4.78, 5) is 23.7. The van der Waals surface area contributed by atoms with E-state index in [2.05, 4.69) is 5.32 Å². The molecule has 0 radical (unpaired) electrons. The number of carbonyl (C=O) groups excluding carboxylic acids is 2. The molecule has 112 valence electrons. The summed E-state index contributed by atoms with van der Waals surface area (Å²) in [7, 11) is 0. The van der Waals surface area contributed by atoms with Gasteiger partial charge in [-0.2, -0.15) is 0 Å². The molecule has 0 spiro atoms. The summed E-state index contributed by atoms with van der Waals surface area (Å²) in [5, 5.41) is 5.02. The highest BCUT2D eigenvalue weighted by Gasteiger charge is 2.38. The van der Waals surface area contributed by atoms with Crippen LogP contribution in [-0.2, 0) is 19.1 Å². The fourth-order valence-electron chi connectivity index (χ4n) is 2.28. The summed E-state index contributed by atoms with van der Waals surface area (Å²) in [5.74, 6) is -2.63. The van der Waals surface area contributed by atoms with Crippen LogP contribution in [0.4, 0.5) is 5.69 Å². The van der Waals surface area contributed by atoms with Gasteiger partial charge in [-0.3, -0.25) is 0 Å². The molecule has 3 rings (SSSR count). The lowest BCUT2D eigenvalue weighted by atomic mass is 10.1. The van der Waals surface area contributed by atoms with E-state index in [0.29, 0.717) is 0 Å². The van der Waals surface area contributed by atoms with Gasteiger partial charge in [0.1, 0.15) is 0 Å². The number of fused-ring (bicyclic) bond motifs is 1. The molecule has 5 heteroatoms. The van der Waals surface area contributed by atoms with Gasteiger partial charge in [0.25, 0.3) is 5.79 Å². The predicted molar refractivity (Wildman–Crippen MR) is 81.9 cm³/mol. The maximum absolute atomic E-state index is 11.9. The first-order valence-electron chi connectivity index (χ1n) is 6.87.